The number of hydrogen-bond acceptors (Lipinski definition) is 5. The number of carbonyl (C=O) groups is 2. The molecule has 0 aliphatic heterocycles. The van der Waals surface area contributed by atoms with Crippen molar-refractivity contribution in [2.45, 2.75) is 6.04 Å². The molecule has 132 valence electrons. The highest BCUT2D eigenvalue weighted by atomic mass is 16.5. The van der Waals surface area contributed by atoms with E-state index in [-0.39, 0.29) is 5.56 Å². The summed E-state index contributed by atoms with van der Waals surface area (Å²) in [6.45, 7) is 0. The van der Waals surface area contributed by atoms with Gasteiger partial charge in [-0.25, -0.2) is 4.79 Å². The fourth-order valence-electron chi connectivity index (χ4n) is 2.36. The van der Waals surface area contributed by atoms with Gasteiger partial charge in [-0.1, -0.05) is 30.3 Å². The largest absolute Gasteiger partial charge is 0.493 e. The van der Waals surface area contributed by atoms with Crippen LogP contribution in [-0.2, 0) is 4.79 Å². The SMILES string of the molecule is COc1cc(C(=O)NC(C(=O)O)c2ccccc2)cc(OC)c1OC. The minimum absolute atomic E-state index is 0.191. The quantitative estimate of drug-likeness (QED) is 0.799. The number of rotatable bonds is 7. The predicted octanol–water partition coefficient (Wildman–Crippen LogP) is 2.27. The molecule has 0 bridgehead atoms. The number of ether oxygens (including phenoxy) is 3. The number of amides is 1. The van der Waals surface area contributed by atoms with Crippen molar-refractivity contribution < 1.29 is 28.9 Å². The lowest BCUT2D eigenvalue weighted by Crippen LogP contribution is -2.33. The molecule has 2 rings (SSSR count). The molecular weight excluding hydrogens is 326 g/mol. The van der Waals surface area contributed by atoms with Crippen LogP contribution < -0.4 is 19.5 Å². The second kappa shape index (κ2) is 8.05. The summed E-state index contributed by atoms with van der Waals surface area (Å²) in [6, 6.07) is 10.2. The molecule has 7 heteroatoms. The summed E-state index contributed by atoms with van der Waals surface area (Å²) in [5.41, 5.74) is 0.660. The summed E-state index contributed by atoms with van der Waals surface area (Å²) < 4.78 is 15.6. The van der Waals surface area contributed by atoms with Crippen molar-refractivity contribution in [3.05, 3.63) is 53.6 Å². The normalized spacial score (nSPS) is 11.3. The van der Waals surface area contributed by atoms with Gasteiger partial charge in [0, 0.05) is 5.56 Å². The van der Waals surface area contributed by atoms with Crippen molar-refractivity contribution in [3.63, 3.8) is 0 Å². The molecule has 0 aliphatic carbocycles. The fourth-order valence-corrected chi connectivity index (χ4v) is 2.36. The average Bonchev–Trinajstić information content (AvgIpc) is 2.64. The molecule has 0 spiro atoms. The van der Waals surface area contributed by atoms with Gasteiger partial charge in [0.2, 0.25) is 5.75 Å². The van der Waals surface area contributed by atoms with E-state index in [4.69, 9.17) is 14.2 Å². The number of benzene rings is 2. The maximum Gasteiger partial charge on any atom is 0.330 e. The Morgan fingerprint density at radius 2 is 1.52 bits per heavy atom. The van der Waals surface area contributed by atoms with Gasteiger partial charge >= 0.3 is 5.97 Å². The van der Waals surface area contributed by atoms with Crippen molar-refractivity contribution in [1.29, 1.82) is 0 Å². The minimum Gasteiger partial charge on any atom is -0.493 e. The van der Waals surface area contributed by atoms with Crippen molar-refractivity contribution in [3.8, 4) is 17.2 Å². The molecule has 0 aromatic heterocycles. The number of nitrogens with one attached hydrogen (secondary N) is 1. The third-order valence-electron chi connectivity index (χ3n) is 3.58. The minimum atomic E-state index is -1.17. The van der Waals surface area contributed by atoms with Crippen LogP contribution in [0.4, 0.5) is 0 Å². The maximum absolute atomic E-state index is 12.5. The average molecular weight is 345 g/mol. The summed E-state index contributed by atoms with van der Waals surface area (Å²) in [5.74, 6) is -0.779. The van der Waals surface area contributed by atoms with E-state index in [9.17, 15) is 14.7 Å². The topological polar surface area (TPSA) is 94.1 Å². The molecule has 2 N–H and O–H groups in total. The lowest BCUT2D eigenvalue weighted by molar-refractivity contribution is -0.139. The summed E-state index contributed by atoms with van der Waals surface area (Å²) >= 11 is 0. The highest BCUT2D eigenvalue weighted by molar-refractivity contribution is 5.98. The zero-order chi connectivity index (χ0) is 18.4. The van der Waals surface area contributed by atoms with Gasteiger partial charge in [-0.05, 0) is 17.7 Å². The van der Waals surface area contributed by atoms with E-state index in [1.807, 2.05) is 0 Å². The highest BCUT2D eigenvalue weighted by Crippen LogP contribution is 2.38. The Morgan fingerprint density at radius 1 is 0.960 bits per heavy atom. The van der Waals surface area contributed by atoms with Crippen LogP contribution in [0.15, 0.2) is 42.5 Å². The van der Waals surface area contributed by atoms with Crippen LogP contribution in [0, 0.1) is 0 Å². The maximum atomic E-state index is 12.5. The first-order chi connectivity index (χ1) is 12.0. The smallest absolute Gasteiger partial charge is 0.330 e. The third-order valence-corrected chi connectivity index (χ3v) is 3.58. The van der Waals surface area contributed by atoms with Crippen LogP contribution >= 0.6 is 0 Å². The first-order valence-electron chi connectivity index (χ1n) is 7.40. The molecular formula is C18H19NO6. The van der Waals surface area contributed by atoms with Crippen LogP contribution in [0.5, 0.6) is 17.2 Å². The zero-order valence-corrected chi connectivity index (χ0v) is 14.1. The van der Waals surface area contributed by atoms with E-state index in [1.165, 1.54) is 33.5 Å². The van der Waals surface area contributed by atoms with E-state index < -0.39 is 17.9 Å². The van der Waals surface area contributed by atoms with E-state index in [2.05, 4.69) is 5.32 Å². The first kappa shape index (κ1) is 18.1. The van der Waals surface area contributed by atoms with Gasteiger partial charge in [-0.15, -0.1) is 0 Å². The Balaban J connectivity index is 2.35. The van der Waals surface area contributed by atoms with Crippen LogP contribution in [0.25, 0.3) is 0 Å². The van der Waals surface area contributed by atoms with Crippen molar-refractivity contribution >= 4 is 11.9 Å². The van der Waals surface area contributed by atoms with Crippen LogP contribution in [-0.4, -0.2) is 38.3 Å². The van der Waals surface area contributed by atoms with E-state index >= 15 is 0 Å². The molecule has 0 fully saturated rings. The molecule has 1 atom stereocenters. The molecule has 1 unspecified atom stereocenters. The summed E-state index contributed by atoms with van der Waals surface area (Å²) in [5, 5.41) is 11.9. The lowest BCUT2D eigenvalue weighted by atomic mass is 10.1. The highest BCUT2D eigenvalue weighted by Gasteiger charge is 2.24. The second-order valence-electron chi connectivity index (χ2n) is 5.07. The monoisotopic (exact) mass is 345 g/mol. The van der Waals surface area contributed by atoms with Gasteiger partial charge in [0.25, 0.3) is 5.91 Å². The Bertz CT molecular complexity index is 734. The molecule has 0 saturated carbocycles. The molecule has 1 amide bonds. The Hall–Kier alpha value is -3.22. The number of carboxylic acids is 1. The molecule has 0 radical (unpaired) electrons. The van der Waals surface area contributed by atoms with Crippen molar-refractivity contribution in [2.24, 2.45) is 0 Å². The van der Waals surface area contributed by atoms with Gasteiger partial charge in [0.1, 0.15) is 0 Å². The number of carboxylic acid groups (broad SMARTS) is 1. The van der Waals surface area contributed by atoms with Crippen LogP contribution in [0.1, 0.15) is 22.0 Å². The second-order valence-corrected chi connectivity index (χ2v) is 5.07. The van der Waals surface area contributed by atoms with Gasteiger partial charge in [0.15, 0.2) is 17.5 Å². The molecule has 2 aromatic carbocycles. The number of carbonyl (C=O) groups excluding carboxylic acids is 1. The van der Waals surface area contributed by atoms with Crippen LogP contribution in [0.3, 0.4) is 0 Å². The predicted molar refractivity (Wildman–Crippen MR) is 90.4 cm³/mol. The first-order valence-corrected chi connectivity index (χ1v) is 7.40. The zero-order valence-electron chi connectivity index (χ0n) is 14.1. The Morgan fingerprint density at radius 3 is 1.96 bits per heavy atom. The summed E-state index contributed by atoms with van der Waals surface area (Å²) in [4.78, 5) is 24.1. The van der Waals surface area contributed by atoms with Crippen molar-refractivity contribution in [2.75, 3.05) is 21.3 Å². The molecule has 25 heavy (non-hydrogen) atoms. The number of aliphatic carboxylic acids is 1. The van der Waals surface area contributed by atoms with E-state index in [0.29, 0.717) is 22.8 Å². The molecule has 0 aliphatic rings. The fraction of sp³-hybridized carbons (Fsp3) is 0.222. The summed E-state index contributed by atoms with van der Waals surface area (Å²) in [7, 11) is 4.32. The third kappa shape index (κ3) is 4.00. The van der Waals surface area contributed by atoms with Gasteiger partial charge < -0.3 is 24.6 Å². The Labute approximate surface area is 145 Å². The van der Waals surface area contributed by atoms with Gasteiger partial charge in [0.05, 0.1) is 21.3 Å². The lowest BCUT2D eigenvalue weighted by Gasteiger charge is -2.17. The van der Waals surface area contributed by atoms with E-state index in [1.54, 1.807) is 30.3 Å². The molecule has 0 saturated heterocycles. The van der Waals surface area contributed by atoms with E-state index in [0.717, 1.165) is 0 Å². The standard InChI is InChI=1S/C18H19NO6/c1-23-13-9-12(10-14(24-2)16(13)25-3)17(20)19-15(18(21)22)11-7-5-4-6-8-11/h4-10,15H,1-3H3,(H,19,20)(H,21,22). The molecule has 0 heterocycles. The van der Waals surface area contributed by atoms with Crippen LogP contribution in [0.2, 0.25) is 0 Å². The molecule has 2 aromatic rings. The van der Waals surface area contributed by atoms with Gasteiger partial charge in [-0.2, -0.15) is 0 Å². The van der Waals surface area contributed by atoms with Gasteiger partial charge in [-0.3, -0.25) is 4.79 Å². The Kier molecular flexibility index (Phi) is 5.84. The summed E-state index contributed by atoms with van der Waals surface area (Å²) in [6.07, 6.45) is 0. The molecule has 7 nitrogen and oxygen atoms in total. The number of hydrogen-bond donors (Lipinski definition) is 2. The number of methoxy groups -OCH3 is 3. The van der Waals surface area contributed by atoms with Crippen molar-refractivity contribution in [1.82, 2.24) is 5.32 Å².